The van der Waals surface area contributed by atoms with Crippen molar-refractivity contribution in [2.45, 2.75) is 63.5 Å². The summed E-state index contributed by atoms with van der Waals surface area (Å²) < 4.78 is 0. The van der Waals surface area contributed by atoms with Crippen molar-refractivity contribution in [3.63, 3.8) is 0 Å². The van der Waals surface area contributed by atoms with Crippen molar-refractivity contribution in [3.8, 4) is 0 Å². The molecule has 170 valence electrons. The van der Waals surface area contributed by atoms with Crippen LogP contribution in [-0.2, 0) is 4.79 Å². The minimum absolute atomic E-state index is 0.0165. The molecule has 2 atom stereocenters. The Balaban J connectivity index is 1.49. The lowest BCUT2D eigenvalue weighted by molar-refractivity contribution is -0.126. The van der Waals surface area contributed by atoms with Crippen LogP contribution in [0, 0.1) is 11.8 Å². The lowest BCUT2D eigenvalue weighted by Crippen LogP contribution is -2.47. The minimum atomic E-state index is -0.0165. The molecule has 31 heavy (non-hydrogen) atoms. The molecule has 7 heteroatoms. The van der Waals surface area contributed by atoms with E-state index in [0.717, 1.165) is 88.2 Å². The Bertz CT molecular complexity index is 786. The summed E-state index contributed by atoms with van der Waals surface area (Å²) >= 11 is 0. The molecule has 1 aromatic carbocycles. The van der Waals surface area contributed by atoms with E-state index in [9.17, 15) is 4.79 Å². The first-order valence-electron chi connectivity index (χ1n) is 12.1. The number of carbonyl (C=O) groups is 1. The van der Waals surface area contributed by atoms with E-state index >= 15 is 0 Å². The average molecular weight is 427 g/mol. The van der Waals surface area contributed by atoms with Gasteiger partial charge in [-0.1, -0.05) is 18.9 Å². The van der Waals surface area contributed by atoms with Gasteiger partial charge in [-0.15, -0.1) is 0 Å². The number of rotatable bonds is 4. The number of hydrogen-bond donors (Lipinski definition) is 5. The van der Waals surface area contributed by atoms with Crippen LogP contribution in [0.4, 0.5) is 11.4 Å². The lowest BCUT2D eigenvalue weighted by atomic mass is 9.81. The third-order valence-electron chi connectivity index (χ3n) is 7.15. The number of hydrogen-bond acceptors (Lipinski definition) is 6. The predicted molar refractivity (Wildman–Crippen MR) is 128 cm³/mol. The molecule has 7 nitrogen and oxygen atoms in total. The first-order chi connectivity index (χ1) is 15.2. The Morgan fingerprint density at radius 1 is 1.13 bits per heavy atom. The second kappa shape index (κ2) is 10.4. The zero-order chi connectivity index (χ0) is 21.6. The average Bonchev–Trinajstić information content (AvgIpc) is 3.29. The molecule has 0 saturated heterocycles. The Kier molecular flexibility index (Phi) is 7.33. The van der Waals surface area contributed by atoms with Crippen LogP contribution >= 0.6 is 0 Å². The topological polar surface area (TPSA) is 104 Å². The van der Waals surface area contributed by atoms with E-state index in [0.29, 0.717) is 5.92 Å². The monoisotopic (exact) mass is 426 g/mol. The fourth-order valence-corrected chi connectivity index (χ4v) is 5.11. The Morgan fingerprint density at radius 3 is 2.74 bits per heavy atom. The zero-order valence-corrected chi connectivity index (χ0v) is 18.8. The molecule has 0 radical (unpaired) electrons. The van der Waals surface area contributed by atoms with E-state index in [1.54, 1.807) is 0 Å². The fraction of sp³-hybridized carbons (Fsp3) is 0.667. The molecule has 4 rings (SSSR count). The predicted octanol–water partition coefficient (Wildman–Crippen LogP) is 3.01. The summed E-state index contributed by atoms with van der Waals surface area (Å²) in [5, 5.41) is 13.7. The Hall–Kier alpha value is -2.28. The van der Waals surface area contributed by atoms with Gasteiger partial charge in [0.2, 0.25) is 5.91 Å². The molecule has 2 heterocycles. The number of carbonyl (C=O) groups excluding carboxylic acids is 1. The van der Waals surface area contributed by atoms with Crippen LogP contribution in [0.3, 0.4) is 0 Å². The molecule has 1 aliphatic carbocycles. The maximum Gasteiger partial charge on any atom is 0.223 e. The molecule has 1 aromatic rings. The second-order valence-corrected chi connectivity index (χ2v) is 9.25. The smallest absolute Gasteiger partial charge is 0.223 e. The normalized spacial score (nSPS) is 28.6. The number of anilines is 2. The van der Waals surface area contributed by atoms with Gasteiger partial charge in [0.05, 0.1) is 12.1 Å². The van der Waals surface area contributed by atoms with Gasteiger partial charge in [0, 0.05) is 43.0 Å². The van der Waals surface area contributed by atoms with Gasteiger partial charge < -0.3 is 27.0 Å². The van der Waals surface area contributed by atoms with Crippen molar-refractivity contribution < 1.29 is 4.79 Å². The van der Waals surface area contributed by atoms with Crippen LogP contribution < -0.4 is 27.0 Å². The van der Waals surface area contributed by atoms with Crippen LogP contribution in [0.15, 0.2) is 23.2 Å². The summed E-state index contributed by atoms with van der Waals surface area (Å²) in [6.45, 7) is 2.47. The standard InChI is InChI=1S/C24H38N6O/c1-26-18-10-11-19-21(13-18)27-12-4-2-3-5-20(23-28-15-22(19)29-23)30-24(31)17-8-6-16(14-25)7-9-17/h10-11,13,16-17,20,22,26-27H,2-9,12,14-15,25H2,1H3,(H,28,29)(H,30,31)/t16-,17-,20-,22?/m0/s1. The molecule has 1 amide bonds. The third-order valence-corrected chi connectivity index (χ3v) is 7.15. The number of benzene rings is 1. The van der Waals surface area contributed by atoms with Crippen LogP contribution in [0.25, 0.3) is 0 Å². The summed E-state index contributed by atoms with van der Waals surface area (Å²) in [5.74, 6) is 1.84. The summed E-state index contributed by atoms with van der Waals surface area (Å²) in [7, 11) is 1.94. The van der Waals surface area contributed by atoms with Gasteiger partial charge in [0.25, 0.3) is 0 Å². The highest BCUT2D eigenvalue weighted by atomic mass is 16.2. The van der Waals surface area contributed by atoms with E-state index in [4.69, 9.17) is 10.7 Å². The molecular weight excluding hydrogens is 388 g/mol. The van der Waals surface area contributed by atoms with E-state index in [-0.39, 0.29) is 23.9 Å². The van der Waals surface area contributed by atoms with Crippen LogP contribution in [0.2, 0.25) is 0 Å². The maximum absolute atomic E-state index is 13.0. The lowest BCUT2D eigenvalue weighted by Gasteiger charge is -2.28. The summed E-state index contributed by atoms with van der Waals surface area (Å²) in [4.78, 5) is 18.1. The minimum Gasteiger partial charge on any atom is -0.388 e. The van der Waals surface area contributed by atoms with Gasteiger partial charge in [-0.2, -0.15) is 0 Å². The molecular formula is C24H38N6O. The van der Waals surface area contributed by atoms with Gasteiger partial charge in [0.15, 0.2) is 0 Å². The fourth-order valence-electron chi connectivity index (χ4n) is 5.11. The third kappa shape index (κ3) is 5.32. The van der Waals surface area contributed by atoms with Gasteiger partial charge >= 0.3 is 0 Å². The number of nitrogens with one attached hydrogen (secondary N) is 4. The number of aliphatic imine (C=N–C) groups is 1. The number of nitrogens with zero attached hydrogens (tertiary/aromatic N) is 1. The van der Waals surface area contributed by atoms with E-state index < -0.39 is 0 Å². The highest BCUT2D eigenvalue weighted by Gasteiger charge is 2.31. The summed E-state index contributed by atoms with van der Waals surface area (Å²) in [6.07, 6.45) is 8.33. The quantitative estimate of drug-likeness (QED) is 0.509. The summed E-state index contributed by atoms with van der Waals surface area (Å²) in [6, 6.07) is 6.50. The van der Waals surface area contributed by atoms with Crippen LogP contribution in [-0.4, -0.2) is 44.5 Å². The number of fused-ring (bicyclic) bond motifs is 3. The van der Waals surface area contributed by atoms with Crippen molar-refractivity contribution >= 4 is 23.1 Å². The van der Waals surface area contributed by atoms with Crippen molar-refractivity contribution in [1.29, 1.82) is 0 Å². The summed E-state index contributed by atoms with van der Waals surface area (Å²) in [5.41, 5.74) is 9.29. The van der Waals surface area contributed by atoms with Crippen LogP contribution in [0.5, 0.6) is 0 Å². The van der Waals surface area contributed by atoms with Gasteiger partial charge in [-0.25, -0.2) is 0 Å². The molecule has 1 unspecified atom stereocenters. The van der Waals surface area contributed by atoms with Crippen molar-refractivity contribution in [3.05, 3.63) is 23.8 Å². The molecule has 2 bridgehead atoms. The van der Waals surface area contributed by atoms with Crippen molar-refractivity contribution in [1.82, 2.24) is 10.6 Å². The van der Waals surface area contributed by atoms with Gasteiger partial charge in [-0.3, -0.25) is 9.79 Å². The largest absolute Gasteiger partial charge is 0.388 e. The SMILES string of the molecule is CNc1ccc2c(c1)NCCCCC[C@H](NC(=O)[C@H]1CC[C@H](CN)CC1)C1=NC2CN1. The number of amides is 1. The first kappa shape index (κ1) is 21.9. The first-order valence-corrected chi connectivity index (χ1v) is 12.1. The molecule has 2 aliphatic heterocycles. The molecule has 0 spiro atoms. The van der Waals surface area contributed by atoms with Crippen molar-refractivity contribution in [2.24, 2.45) is 22.6 Å². The van der Waals surface area contributed by atoms with Gasteiger partial charge in [0.1, 0.15) is 5.84 Å². The Labute approximate surface area is 186 Å². The van der Waals surface area contributed by atoms with E-state index in [1.165, 1.54) is 5.56 Å². The maximum atomic E-state index is 13.0. The molecule has 3 aliphatic rings. The van der Waals surface area contributed by atoms with E-state index in [1.807, 2.05) is 7.05 Å². The Morgan fingerprint density at radius 2 is 1.97 bits per heavy atom. The highest BCUT2D eigenvalue weighted by molar-refractivity contribution is 5.93. The van der Waals surface area contributed by atoms with E-state index in [2.05, 4.69) is 39.5 Å². The zero-order valence-electron chi connectivity index (χ0n) is 18.8. The molecule has 0 aromatic heterocycles. The molecule has 1 saturated carbocycles. The number of amidine groups is 1. The van der Waals surface area contributed by atoms with Crippen molar-refractivity contribution in [2.75, 3.05) is 37.3 Å². The molecule has 1 fully saturated rings. The van der Waals surface area contributed by atoms with Gasteiger partial charge in [-0.05, 0) is 63.1 Å². The number of nitrogens with two attached hydrogens (primary N) is 1. The second-order valence-electron chi connectivity index (χ2n) is 9.25. The highest BCUT2D eigenvalue weighted by Crippen LogP contribution is 2.32. The molecule has 6 N–H and O–H groups in total. The van der Waals surface area contributed by atoms with Crippen LogP contribution in [0.1, 0.15) is 63.0 Å².